The molecule has 4 heteroatoms. The van der Waals surface area contributed by atoms with Gasteiger partial charge in [-0.25, -0.2) is 0 Å². The van der Waals surface area contributed by atoms with Gasteiger partial charge in [-0.15, -0.1) is 0 Å². The molecule has 0 radical (unpaired) electrons. The fourth-order valence-corrected chi connectivity index (χ4v) is 3.53. The number of nitrogens with zero attached hydrogens (tertiary/aromatic N) is 2. The highest BCUT2D eigenvalue weighted by Crippen LogP contribution is 2.26. The van der Waals surface area contributed by atoms with Crippen molar-refractivity contribution < 1.29 is 0 Å². The molecule has 3 rings (SSSR count). The van der Waals surface area contributed by atoms with E-state index in [0.717, 1.165) is 33.6 Å². The topological polar surface area (TPSA) is 40.6 Å². The first-order chi connectivity index (χ1) is 14.2. The van der Waals surface area contributed by atoms with E-state index < -0.39 is 10.9 Å². The lowest BCUT2D eigenvalue weighted by molar-refractivity contribution is 1.13. The van der Waals surface area contributed by atoms with Crippen LogP contribution >= 0.6 is 0 Å². The monoisotopic (exact) mass is 400 g/mol. The molecular weight excluding hydrogens is 372 g/mol. The Kier molecular flexibility index (Phi) is 6.06. The molecule has 0 amide bonds. The van der Waals surface area contributed by atoms with Crippen molar-refractivity contribution in [3.05, 3.63) is 91.2 Å². The van der Waals surface area contributed by atoms with Gasteiger partial charge in [-0.1, -0.05) is 36.4 Å². The van der Waals surface area contributed by atoms with Crippen molar-refractivity contribution in [3.63, 3.8) is 0 Å². The molecule has 0 spiro atoms. The third-order valence-corrected chi connectivity index (χ3v) is 5.28. The normalized spacial score (nSPS) is 12.3. The molecule has 3 aromatic rings. The van der Waals surface area contributed by atoms with E-state index in [0.29, 0.717) is 11.1 Å². The smallest absolute Gasteiger partial charge is 0.234 e. The van der Waals surface area contributed by atoms with Gasteiger partial charge in [0.1, 0.15) is 0 Å². The summed E-state index contributed by atoms with van der Waals surface area (Å²) < 4.78 is 0. The Balaban J connectivity index is 1.92. The van der Waals surface area contributed by atoms with Crippen LogP contribution < -0.4 is 20.7 Å². The van der Waals surface area contributed by atoms with Gasteiger partial charge in [0, 0.05) is 50.7 Å². The number of hydrogen-bond acceptors (Lipinski definition) is 4. The van der Waals surface area contributed by atoms with Gasteiger partial charge in [0.05, 0.1) is 0 Å². The molecule has 4 nitrogen and oxygen atoms in total. The van der Waals surface area contributed by atoms with Gasteiger partial charge >= 0.3 is 0 Å². The van der Waals surface area contributed by atoms with Crippen molar-refractivity contribution in [1.82, 2.24) is 0 Å². The second kappa shape index (κ2) is 8.54. The minimum Gasteiger partial charge on any atom is -0.378 e. The van der Waals surface area contributed by atoms with Gasteiger partial charge in [0.25, 0.3) is 0 Å². The summed E-state index contributed by atoms with van der Waals surface area (Å²) in [5, 5.41) is 0. The average Bonchev–Trinajstić information content (AvgIpc) is 2.71. The average molecular weight is 401 g/mol. The number of hydrogen-bond donors (Lipinski definition) is 0. The summed E-state index contributed by atoms with van der Waals surface area (Å²) in [6.07, 6.45) is 3.91. The molecule has 0 aliphatic carbocycles. The van der Waals surface area contributed by atoms with Crippen LogP contribution in [0.2, 0.25) is 0 Å². The van der Waals surface area contributed by atoms with Crippen LogP contribution in [0.25, 0.3) is 23.3 Å². The molecule has 0 heterocycles. The van der Waals surface area contributed by atoms with Crippen LogP contribution in [-0.2, 0) is 0 Å². The van der Waals surface area contributed by atoms with Crippen molar-refractivity contribution >= 4 is 34.7 Å². The van der Waals surface area contributed by atoms with Gasteiger partial charge in [-0.3, -0.25) is 9.59 Å². The lowest BCUT2D eigenvalue weighted by atomic mass is 9.88. The van der Waals surface area contributed by atoms with Crippen LogP contribution in [0.4, 0.5) is 11.4 Å². The predicted molar refractivity (Wildman–Crippen MR) is 130 cm³/mol. The standard InChI is InChI=1S/C26H28N2O2/c1-17(15-19-7-11-21(12-8-19)27(3)4)23-24(26(30)25(23)29)18(2)16-20-9-13-22(14-10-20)28(5)6/h7-16H,1-6H3/b17-15+,18-16+. The number of rotatable bonds is 6. The van der Waals surface area contributed by atoms with E-state index in [1.807, 2.05) is 113 Å². The van der Waals surface area contributed by atoms with Crippen molar-refractivity contribution in [1.29, 1.82) is 0 Å². The highest BCUT2D eigenvalue weighted by atomic mass is 16.2. The van der Waals surface area contributed by atoms with Gasteiger partial charge in [-0.05, 0) is 60.4 Å². The van der Waals surface area contributed by atoms with E-state index in [9.17, 15) is 9.59 Å². The second-order valence-corrected chi connectivity index (χ2v) is 8.03. The van der Waals surface area contributed by atoms with E-state index in [1.54, 1.807) is 0 Å². The number of anilines is 2. The van der Waals surface area contributed by atoms with Crippen molar-refractivity contribution in [2.75, 3.05) is 38.0 Å². The molecule has 0 saturated carbocycles. The molecule has 0 fully saturated rings. The van der Waals surface area contributed by atoms with E-state index in [4.69, 9.17) is 0 Å². The zero-order valence-electron chi connectivity index (χ0n) is 18.5. The SMILES string of the molecule is C/C(=C\c1ccc(N(C)C)cc1)c1c(/C(C)=C/c2ccc(N(C)C)cc2)c(=O)c1=O. The third-order valence-electron chi connectivity index (χ3n) is 5.28. The van der Waals surface area contributed by atoms with E-state index in [2.05, 4.69) is 0 Å². The van der Waals surface area contributed by atoms with Crippen LogP contribution in [0.3, 0.4) is 0 Å². The van der Waals surface area contributed by atoms with E-state index in [-0.39, 0.29) is 0 Å². The zero-order chi connectivity index (χ0) is 22.0. The minimum absolute atomic E-state index is 0.403. The molecule has 0 aliphatic heterocycles. The molecule has 0 N–H and O–H groups in total. The first kappa shape index (κ1) is 21.3. The minimum atomic E-state index is -0.403. The Hall–Kier alpha value is -3.40. The molecule has 0 bridgehead atoms. The number of allylic oxidation sites excluding steroid dienone is 2. The summed E-state index contributed by atoms with van der Waals surface area (Å²) in [4.78, 5) is 28.7. The van der Waals surface area contributed by atoms with Gasteiger partial charge in [-0.2, -0.15) is 0 Å². The summed E-state index contributed by atoms with van der Waals surface area (Å²) >= 11 is 0. The highest BCUT2D eigenvalue weighted by molar-refractivity contribution is 5.92. The van der Waals surface area contributed by atoms with Gasteiger partial charge in [0.2, 0.25) is 10.9 Å². The van der Waals surface area contributed by atoms with E-state index >= 15 is 0 Å². The van der Waals surface area contributed by atoms with Crippen LogP contribution in [0.5, 0.6) is 0 Å². The quantitative estimate of drug-likeness (QED) is 0.570. The Morgan fingerprint density at radius 2 is 0.900 bits per heavy atom. The molecule has 154 valence electrons. The summed E-state index contributed by atoms with van der Waals surface area (Å²) in [6, 6.07) is 16.2. The van der Waals surface area contributed by atoms with Gasteiger partial charge in [0.15, 0.2) is 0 Å². The Bertz CT molecular complexity index is 1080. The van der Waals surface area contributed by atoms with E-state index in [1.165, 1.54) is 0 Å². The number of benzene rings is 2. The zero-order valence-corrected chi connectivity index (χ0v) is 18.5. The van der Waals surface area contributed by atoms with Crippen LogP contribution in [0, 0.1) is 0 Å². The molecule has 30 heavy (non-hydrogen) atoms. The summed E-state index contributed by atoms with van der Waals surface area (Å²) in [5.41, 5.74) is 6.07. The van der Waals surface area contributed by atoms with Crippen LogP contribution in [0.15, 0.2) is 58.1 Å². The van der Waals surface area contributed by atoms with Gasteiger partial charge < -0.3 is 9.80 Å². The first-order valence-corrected chi connectivity index (χ1v) is 9.94. The summed E-state index contributed by atoms with van der Waals surface area (Å²) in [7, 11) is 7.98. The molecule has 3 aromatic carbocycles. The Morgan fingerprint density at radius 3 is 1.17 bits per heavy atom. The van der Waals surface area contributed by atoms with Crippen molar-refractivity contribution in [2.24, 2.45) is 0 Å². The molecule has 0 unspecified atom stereocenters. The highest BCUT2D eigenvalue weighted by Gasteiger charge is 2.23. The molecule has 0 aromatic heterocycles. The summed E-state index contributed by atoms with van der Waals surface area (Å²) in [5.74, 6) is 0. The van der Waals surface area contributed by atoms with Crippen molar-refractivity contribution in [3.8, 4) is 0 Å². The predicted octanol–water partition coefficient (Wildman–Crippen LogP) is 4.54. The molecule has 0 saturated heterocycles. The van der Waals surface area contributed by atoms with Crippen LogP contribution in [0.1, 0.15) is 36.1 Å². The molecule has 0 atom stereocenters. The fraction of sp³-hybridized carbons (Fsp3) is 0.231. The Labute approximate surface area is 178 Å². The third kappa shape index (κ3) is 4.28. The van der Waals surface area contributed by atoms with Crippen LogP contribution in [-0.4, -0.2) is 28.2 Å². The first-order valence-electron chi connectivity index (χ1n) is 9.94. The Morgan fingerprint density at radius 1 is 0.600 bits per heavy atom. The molecular formula is C26H28N2O2. The largest absolute Gasteiger partial charge is 0.378 e. The lowest BCUT2D eigenvalue weighted by Gasteiger charge is -2.14. The van der Waals surface area contributed by atoms with Crippen molar-refractivity contribution in [2.45, 2.75) is 13.8 Å². The molecule has 0 aliphatic rings. The maximum absolute atomic E-state index is 12.3. The summed E-state index contributed by atoms with van der Waals surface area (Å²) in [6.45, 7) is 3.78. The maximum atomic E-state index is 12.3. The lowest BCUT2D eigenvalue weighted by Crippen LogP contribution is -2.38. The maximum Gasteiger partial charge on any atom is 0.234 e. The second-order valence-electron chi connectivity index (χ2n) is 8.03. The fourth-order valence-electron chi connectivity index (χ4n) is 3.53.